The summed E-state index contributed by atoms with van der Waals surface area (Å²) in [5.41, 5.74) is 14.5. The van der Waals surface area contributed by atoms with Gasteiger partial charge in [-0.05, 0) is 93.5 Å². The van der Waals surface area contributed by atoms with E-state index in [2.05, 4.69) is 198 Å². The molecule has 1 aliphatic rings. The zero-order chi connectivity index (χ0) is 36.1. The summed E-state index contributed by atoms with van der Waals surface area (Å²) in [6, 6.07) is 74.1. The van der Waals surface area contributed by atoms with E-state index in [1.54, 1.807) is 0 Å². The van der Waals surface area contributed by atoms with E-state index >= 15 is 0 Å². The van der Waals surface area contributed by atoms with Crippen LogP contribution in [0.25, 0.3) is 38.6 Å². The largest absolute Gasteiger partial charge is 0.337 e. The highest BCUT2D eigenvalue weighted by Gasteiger charge is 2.46. The summed E-state index contributed by atoms with van der Waals surface area (Å²) in [7, 11) is 0. The van der Waals surface area contributed by atoms with Gasteiger partial charge < -0.3 is 9.47 Å². The first kappa shape index (κ1) is 31.6. The molecular formula is C51H35N3. The number of anilines is 2. The fraction of sp³-hybridized carbons (Fsp3) is 0.0392. The van der Waals surface area contributed by atoms with Gasteiger partial charge in [0, 0.05) is 34.4 Å². The minimum absolute atomic E-state index is 0.478. The van der Waals surface area contributed by atoms with Crippen molar-refractivity contribution in [2.45, 2.75) is 12.0 Å². The first-order valence-corrected chi connectivity index (χ1v) is 18.4. The molecule has 54 heavy (non-hydrogen) atoms. The van der Waals surface area contributed by atoms with Crippen molar-refractivity contribution in [1.29, 1.82) is 5.26 Å². The van der Waals surface area contributed by atoms with Gasteiger partial charge in [0.05, 0.1) is 28.1 Å². The molecule has 10 rings (SSSR count). The Hall–Kier alpha value is -7.15. The van der Waals surface area contributed by atoms with Gasteiger partial charge in [-0.3, -0.25) is 0 Å². The van der Waals surface area contributed by atoms with E-state index in [1.165, 1.54) is 55.2 Å². The third kappa shape index (κ3) is 4.89. The van der Waals surface area contributed by atoms with Crippen molar-refractivity contribution in [3.05, 3.63) is 234 Å². The molecule has 254 valence electrons. The Morgan fingerprint density at radius 3 is 1.87 bits per heavy atom. The maximum atomic E-state index is 9.97. The summed E-state index contributed by atoms with van der Waals surface area (Å²) in [4.78, 5) is 2.35. The standard InChI is InChI=1S/C51H35N3/c52-34-36-15-14-22-41(31-36)53(42-28-30-50-46(33-42)45-24-11-13-26-49(45)54(50)40-20-8-3-9-21-40)35-37-27-29-44-43-23-10-12-25-47(43)51(48(44)32-37,38-16-4-1-5-17-38)39-18-6-2-7-19-39/h1-33H,35H2. The number of para-hydroxylation sites is 2. The van der Waals surface area contributed by atoms with Crippen LogP contribution in [0.5, 0.6) is 0 Å². The van der Waals surface area contributed by atoms with Crippen LogP contribution in [0.3, 0.4) is 0 Å². The van der Waals surface area contributed by atoms with Gasteiger partial charge in [0.15, 0.2) is 0 Å². The molecule has 0 aliphatic heterocycles. The van der Waals surface area contributed by atoms with Crippen LogP contribution in [0.15, 0.2) is 200 Å². The van der Waals surface area contributed by atoms with Crippen LogP contribution in [0.2, 0.25) is 0 Å². The molecule has 1 aliphatic carbocycles. The van der Waals surface area contributed by atoms with Crippen molar-refractivity contribution >= 4 is 33.2 Å². The number of nitriles is 1. The molecular weight excluding hydrogens is 655 g/mol. The first-order valence-electron chi connectivity index (χ1n) is 18.4. The maximum Gasteiger partial charge on any atom is 0.0992 e. The monoisotopic (exact) mass is 689 g/mol. The number of nitrogens with zero attached hydrogens (tertiary/aromatic N) is 3. The van der Waals surface area contributed by atoms with Crippen molar-refractivity contribution in [2.75, 3.05) is 4.90 Å². The third-order valence-corrected chi connectivity index (χ3v) is 11.1. The molecule has 9 aromatic rings. The topological polar surface area (TPSA) is 32.0 Å². The predicted octanol–water partition coefficient (Wildman–Crippen LogP) is 12.4. The van der Waals surface area contributed by atoms with E-state index in [-0.39, 0.29) is 0 Å². The zero-order valence-corrected chi connectivity index (χ0v) is 29.6. The Labute approximate surface area is 315 Å². The molecule has 0 fully saturated rings. The molecule has 3 nitrogen and oxygen atoms in total. The Bertz CT molecular complexity index is 2830. The lowest BCUT2D eigenvalue weighted by Crippen LogP contribution is -2.28. The van der Waals surface area contributed by atoms with E-state index in [0.717, 1.165) is 22.6 Å². The van der Waals surface area contributed by atoms with Crippen molar-refractivity contribution in [3.8, 4) is 22.9 Å². The molecule has 3 heteroatoms. The van der Waals surface area contributed by atoms with E-state index in [1.807, 2.05) is 18.2 Å². The van der Waals surface area contributed by atoms with Gasteiger partial charge in [-0.15, -0.1) is 0 Å². The second-order valence-corrected chi connectivity index (χ2v) is 14.0. The molecule has 0 radical (unpaired) electrons. The summed E-state index contributed by atoms with van der Waals surface area (Å²) in [6.45, 7) is 0.612. The molecule has 0 atom stereocenters. The summed E-state index contributed by atoms with van der Waals surface area (Å²) in [6.07, 6.45) is 0. The fourth-order valence-electron chi connectivity index (χ4n) is 8.83. The van der Waals surface area contributed by atoms with Gasteiger partial charge in [-0.25, -0.2) is 0 Å². The number of aromatic nitrogens is 1. The van der Waals surface area contributed by atoms with E-state index in [0.29, 0.717) is 12.1 Å². The maximum absolute atomic E-state index is 9.97. The third-order valence-electron chi connectivity index (χ3n) is 11.1. The van der Waals surface area contributed by atoms with Gasteiger partial charge in [0.25, 0.3) is 0 Å². The molecule has 8 aromatic carbocycles. The quantitative estimate of drug-likeness (QED) is 0.167. The average Bonchev–Trinajstić information content (AvgIpc) is 3.74. The summed E-state index contributed by atoms with van der Waals surface area (Å²) in [5.74, 6) is 0. The van der Waals surface area contributed by atoms with E-state index < -0.39 is 5.41 Å². The molecule has 0 N–H and O–H groups in total. The van der Waals surface area contributed by atoms with Gasteiger partial charge in [-0.2, -0.15) is 5.26 Å². The lowest BCUT2D eigenvalue weighted by molar-refractivity contribution is 0.766. The smallest absolute Gasteiger partial charge is 0.0992 e. The van der Waals surface area contributed by atoms with Crippen LogP contribution >= 0.6 is 0 Å². The van der Waals surface area contributed by atoms with E-state index in [9.17, 15) is 5.26 Å². The van der Waals surface area contributed by atoms with E-state index in [4.69, 9.17) is 0 Å². The van der Waals surface area contributed by atoms with Crippen LogP contribution in [0.1, 0.15) is 33.4 Å². The molecule has 0 amide bonds. The zero-order valence-electron chi connectivity index (χ0n) is 29.6. The fourth-order valence-corrected chi connectivity index (χ4v) is 8.83. The highest BCUT2D eigenvalue weighted by molar-refractivity contribution is 6.10. The number of fused-ring (bicyclic) bond motifs is 6. The second-order valence-electron chi connectivity index (χ2n) is 14.0. The molecule has 1 aromatic heterocycles. The molecule has 0 saturated heterocycles. The molecule has 1 heterocycles. The number of hydrogen-bond donors (Lipinski definition) is 0. The van der Waals surface area contributed by atoms with Crippen molar-refractivity contribution in [1.82, 2.24) is 4.57 Å². The van der Waals surface area contributed by atoms with Crippen molar-refractivity contribution < 1.29 is 0 Å². The summed E-state index contributed by atoms with van der Waals surface area (Å²) >= 11 is 0. The Morgan fingerprint density at radius 2 is 1.11 bits per heavy atom. The van der Waals surface area contributed by atoms with Gasteiger partial charge in [0.2, 0.25) is 0 Å². The number of rotatable bonds is 7. The normalized spacial score (nSPS) is 12.6. The Balaban J connectivity index is 1.17. The lowest BCUT2D eigenvalue weighted by Gasteiger charge is -2.34. The number of benzene rings is 8. The minimum atomic E-state index is -0.478. The predicted molar refractivity (Wildman–Crippen MR) is 222 cm³/mol. The average molecular weight is 690 g/mol. The minimum Gasteiger partial charge on any atom is -0.337 e. The van der Waals surface area contributed by atoms with Crippen LogP contribution in [-0.4, -0.2) is 4.57 Å². The van der Waals surface area contributed by atoms with Gasteiger partial charge in [0.1, 0.15) is 0 Å². The molecule has 0 saturated carbocycles. The summed E-state index contributed by atoms with van der Waals surface area (Å²) < 4.78 is 2.35. The highest BCUT2D eigenvalue weighted by atomic mass is 15.1. The van der Waals surface area contributed by atoms with Crippen LogP contribution in [-0.2, 0) is 12.0 Å². The van der Waals surface area contributed by atoms with Crippen LogP contribution < -0.4 is 4.90 Å². The lowest BCUT2D eigenvalue weighted by atomic mass is 9.67. The molecule has 0 unspecified atom stereocenters. The second kappa shape index (κ2) is 12.8. The summed E-state index contributed by atoms with van der Waals surface area (Å²) in [5, 5.41) is 12.4. The SMILES string of the molecule is N#Cc1cccc(N(Cc2ccc3c(c2)C(c2ccccc2)(c2ccccc2)c2ccccc2-3)c2ccc3c(c2)c2ccccc2n3-c2ccccc2)c1. The number of hydrogen-bond acceptors (Lipinski definition) is 2. The van der Waals surface area contributed by atoms with Crippen molar-refractivity contribution in [2.24, 2.45) is 0 Å². The Morgan fingerprint density at radius 1 is 0.481 bits per heavy atom. The molecule has 0 bridgehead atoms. The van der Waals surface area contributed by atoms with Gasteiger partial charge >= 0.3 is 0 Å². The van der Waals surface area contributed by atoms with Crippen LogP contribution in [0, 0.1) is 11.3 Å². The molecule has 0 spiro atoms. The highest BCUT2D eigenvalue weighted by Crippen LogP contribution is 2.56. The Kier molecular flexibility index (Phi) is 7.49. The van der Waals surface area contributed by atoms with Crippen LogP contribution in [0.4, 0.5) is 11.4 Å². The van der Waals surface area contributed by atoms with Crippen molar-refractivity contribution in [3.63, 3.8) is 0 Å². The van der Waals surface area contributed by atoms with Gasteiger partial charge in [-0.1, -0.05) is 146 Å². The first-order chi connectivity index (χ1) is 26.7.